The first-order chi connectivity index (χ1) is 13.4. The molecule has 0 bridgehead atoms. The van der Waals surface area contributed by atoms with Gasteiger partial charge in [0.25, 0.3) is 5.91 Å². The fraction of sp³-hybridized carbons (Fsp3) is 0.190. The molecule has 1 fully saturated rings. The zero-order valence-corrected chi connectivity index (χ0v) is 15.4. The Kier molecular flexibility index (Phi) is 5.43. The Morgan fingerprint density at radius 2 is 2.04 bits per heavy atom. The summed E-state index contributed by atoms with van der Waals surface area (Å²) in [6.45, 7) is 0.694. The maximum absolute atomic E-state index is 11.5. The van der Waals surface area contributed by atoms with Crippen LogP contribution in [0.1, 0.15) is 12.0 Å². The molecule has 1 atom stereocenters. The lowest BCUT2D eigenvalue weighted by Gasteiger charge is -2.04. The van der Waals surface area contributed by atoms with Crippen LogP contribution in [0.4, 0.5) is 4.79 Å². The highest BCUT2D eigenvalue weighted by Crippen LogP contribution is 2.28. The number of aromatic nitrogens is 2. The Bertz CT molecular complexity index is 1070. The third kappa shape index (κ3) is 3.72. The van der Waals surface area contributed by atoms with Gasteiger partial charge in [-0.05, 0) is 24.6 Å². The van der Waals surface area contributed by atoms with Gasteiger partial charge >= 0.3 is 6.03 Å². The quantitative estimate of drug-likeness (QED) is 0.633. The van der Waals surface area contributed by atoms with Gasteiger partial charge in [0.05, 0.1) is 5.52 Å². The van der Waals surface area contributed by atoms with E-state index in [4.69, 9.17) is 17.3 Å². The van der Waals surface area contributed by atoms with Crippen LogP contribution in [0.15, 0.2) is 48.5 Å². The van der Waals surface area contributed by atoms with Crippen LogP contribution in [-0.4, -0.2) is 51.4 Å². The number of hydrogen-bond donors (Lipinski definition) is 2. The molecule has 0 saturated carbocycles. The SMILES string of the molecule is C#Cc1cccc(-c2nn(C(N)=O)c3ccccc23)c1.CN1CCC(O)C1=O. The fourth-order valence-electron chi connectivity index (χ4n) is 3.01. The smallest absolute Gasteiger partial charge is 0.340 e. The average Bonchev–Trinajstić information content (AvgIpc) is 3.24. The van der Waals surface area contributed by atoms with E-state index in [9.17, 15) is 9.59 Å². The lowest BCUT2D eigenvalue weighted by Crippen LogP contribution is -2.24. The van der Waals surface area contributed by atoms with Crippen LogP contribution < -0.4 is 5.73 Å². The summed E-state index contributed by atoms with van der Waals surface area (Å²) in [7, 11) is 1.69. The van der Waals surface area contributed by atoms with Crippen LogP contribution in [-0.2, 0) is 4.79 Å². The molecule has 2 amide bonds. The van der Waals surface area contributed by atoms with Crippen molar-refractivity contribution in [2.24, 2.45) is 5.73 Å². The van der Waals surface area contributed by atoms with E-state index in [-0.39, 0.29) is 5.91 Å². The molecule has 1 aromatic heterocycles. The first-order valence-electron chi connectivity index (χ1n) is 8.70. The molecule has 1 unspecified atom stereocenters. The summed E-state index contributed by atoms with van der Waals surface area (Å²) in [6.07, 6.45) is 5.28. The van der Waals surface area contributed by atoms with Gasteiger partial charge in [-0.25, -0.2) is 4.79 Å². The first-order valence-corrected chi connectivity index (χ1v) is 8.70. The molecule has 7 nitrogen and oxygen atoms in total. The molecule has 1 aliphatic rings. The van der Waals surface area contributed by atoms with Crippen LogP contribution in [0.3, 0.4) is 0 Å². The summed E-state index contributed by atoms with van der Waals surface area (Å²) in [5, 5.41) is 13.9. The zero-order chi connectivity index (χ0) is 20.3. The third-order valence-corrected chi connectivity index (χ3v) is 4.50. The van der Waals surface area contributed by atoms with Crippen molar-refractivity contribution >= 4 is 22.8 Å². The molecule has 2 heterocycles. The van der Waals surface area contributed by atoms with E-state index < -0.39 is 12.1 Å². The van der Waals surface area contributed by atoms with E-state index in [0.717, 1.165) is 16.5 Å². The molecule has 0 aliphatic carbocycles. The van der Waals surface area contributed by atoms with E-state index in [1.165, 1.54) is 9.58 Å². The lowest BCUT2D eigenvalue weighted by atomic mass is 10.1. The lowest BCUT2D eigenvalue weighted by molar-refractivity contribution is -0.133. The number of rotatable bonds is 1. The minimum absolute atomic E-state index is 0.148. The topological polar surface area (TPSA) is 101 Å². The van der Waals surface area contributed by atoms with Crippen molar-refractivity contribution in [3.8, 4) is 23.6 Å². The van der Waals surface area contributed by atoms with Crippen LogP contribution in [0, 0.1) is 12.3 Å². The Morgan fingerprint density at radius 3 is 2.61 bits per heavy atom. The number of hydrogen-bond acceptors (Lipinski definition) is 4. The minimum atomic E-state index is -0.722. The number of likely N-dealkylation sites (N-methyl/N-ethyl adjacent to an activating group) is 1. The van der Waals surface area contributed by atoms with Crippen LogP contribution >= 0.6 is 0 Å². The summed E-state index contributed by atoms with van der Waals surface area (Å²) in [5.74, 6) is 2.44. The summed E-state index contributed by atoms with van der Waals surface area (Å²) in [4.78, 5) is 23.6. The number of fused-ring (bicyclic) bond motifs is 1. The summed E-state index contributed by atoms with van der Waals surface area (Å²) in [6, 6.07) is 14.3. The first kappa shape index (κ1) is 19.1. The molecule has 3 N–H and O–H groups in total. The number of terminal acetylenes is 1. The van der Waals surface area contributed by atoms with Crippen molar-refractivity contribution in [1.82, 2.24) is 14.7 Å². The fourth-order valence-corrected chi connectivity index (χ4v) is 3.01. The van der Waals surface area contributed by atoms with Crippen molar-refractivity contribution in [2.45, 2.75) is 12.5 Å². The maximum atomic E-state index is 11.5. The van der Waals surface area contributed by atoms with Gasteiger partial charge in [-0.3, -0.25) is 4.79 Å². The Balaban J connectivity index is 0.000000236. The van der Waals surface area contributed by atoms with Crippen molar-refractivity contribution in [3.63, 3.8) is 0 Å². The highest BCUT2D eigenvalue weighted by atomic mass is 16.3. The minimum Gasteiger partial charge on any atom is -0.383 e. The Hall–Kier alpha value is -3.63. The molecule has 7 heteroatoms. The van der Waals surface area contributed by atoms with Gasteiger partial charge < -0.3 is 15.7 Å². The highest BCUT2D eigenvalue weighted by molar-refractivity contribution is 5.98. The molecule has 142 valence electrons. The molecule has 1 aliphatic heterocycles. The number of para-hydroxylation sites is 1. The number of aliphatic hydroxyl groups is 1. The van der Waals surface area contributed by atoms with E-state index in [1.807, 2.05) is 48.5 Å². The maximum Gasteiger partial charge on any atom is 0.340 e. The molecule has 0 radical (unpaired) electrons. The van der Waals surface area contributed by atoms with E-state index in [2.05, 4.69) is 11.0 Å². The normalized spacial score (nSPS) is 15.8. The van der Waals surface area contributed by atoms with Gasteiger partial charge in [-0.1, -0.05) is 36.3 Å². The zero-order valence-electron chi connectivity index (χ0n) is 15.4. The molecule has 3 aromatic rings. The third-order valence-electron chi connectivity index (χ3n) is 4.50. The highest BCUT2D eigenvalue weighted by Gasteiger charge is 2.26. The van der Waals surface area contributed by atoms with Crippen molar-refractivity contribution in [2.75, 3.05) is 13.6 Å². The summed E-state index contributed by atoms with van der Waals surface area (Å²) >= 11 is 0. The second-order valence-electron chi connectivity index (χ2n) is 6.41. The van der Waals surface area contributed by atoms with E-state index in [0.29, 0.717) is 24.2 Å². The van der Waals surface area contributed by atoms with Crippen molar-refractivity contribution in [1.29, 1.82) is 0 Å². The largest absolute Gasteiger partial charge is 0.383 e. The number of primary amides is 1. The number of nitrogens with two attached hydrogens (primary N) is 1. The van der Waals surface area contributed by atoms with E-state index >= 15 is 0 Å². The standard InChI is InChI=1S/C16H11N3O.C5H9NO2/c1-2-11-6-5-7-12(10-11)15-13-8-3-4-9-14(13)19(18-15)16(17)20;1-6-3-2-4(7)5(6)8/h1,3-10H,(H2,17,20);4,7H,2-3H2,1H3. The summed E-state index contributed by atoms with van der Waals surface area (Å²) in [5.41, 5.74) is 8.35. The molecule has 4 rings (SSSR count). The van der Waals surface area contributed by atoms with E-state index in [1.54, 1.807) is 7.05 Å². The molecule has 1 saturated heterocycles. The number of nitrogens with zero attached hydrogens (tertiary/aromatic N) is 3. The van der Waals surface area contributed by atoms with Crippen LogP contribution in [0.2, 0.25) is 0 Å². The number of likely N-dealkylation sites (tertiary alicyclic amines) is 1. The van der Waals surface area contributed by atoms with Gasteiger partial charge in [0.1, 0.15) is 11.8 Å². The number of carbonyl (C=O) groups excluding carboxylic acids is 2. The van der Waals surface area contributed by atoms with Crippen molar-refractivity contribution in [3.05, 3.63) is 54.1 Å². The van der Waals surface area contributed by atoms with Gasteiger partial charge in [0.2, 0.25) is 0 Å². The second-order valence-corrected chi connectivity index (χ2v) is 6.41. The molecule has 28 heavy (non-hydrogen) atoms. The number of carbonyl (C=O) groups is 2. The Morgan fingerprint density at radius 1 is 1.29 bits per heavy atom. The number of amides is 2. The predicted molar refractivity (Wildman–Crippen MR) is 106 cm³/mol. The second kappa shape index (κ2) is 7.94. The monoisotopic (exact) mass is 376 g/mol. The van der Waals surface area contributed by atoms with Gasteiger partial charge in [0.15, 0.2) is 0 Å². The predicted octanol–water partition coefficient (Wildman–Crippen LogP) is 1.82. The Labute approximate surface area is 162 Å². The van der Waals surface area contributed by atoms with Gasteiger partial charge in [0, 0.05) is 30.1 Å². The molecule has 2 aromatic carbocycles. The number of benzene rings is 2. The van der Waals surface area contributed by atoms with Crippen LogP contribution in [0.5, 0.6) is 0 Å². The molecular formula is C21H20N4O3. The number of aliphatic hydroxyl groups excluding tert-OH is 1. The molecular weight excluding hydrogens is 356 g/mol. The van der Waals surface area contributed by atoms with Gasteiger partial charge in [-0.2, -0.15) is 9.78 Å². The molecule has 0 spiro atoms. The van der Waals surface area contributed by atoms with Crippen LogP contribution in [0.25, 0.3) is 22.2 Å². The summed E-state index contributed by atoms with van der Waals surface area (Å²) < 4.78 is 1.20. The average molecular weight is 376 g/mol. The van der Waals surface area contributed by atoms with Gasteiger partial charge in [-0.15, -0.1) is 6.42 Å². The van der Waals surface area contributed by atoms with Crippen molar-refractivity contribution < 1.29 is 14.7 Å².